The average Bonchev–Trinajstić information content (AvgIpc) is 3.30. The van der Waals surface area contributed by atoms with Crippen LogP contribution in [0, 0.1) is 0 Å². The summed E-state index contributed by atoms with van der Waals surface area (Å²) in [5.74, 6) is -1.33. The molecule has 0 saturated heterocycles. The molecule has 0 radical (unpaired) electrons. The third-order valence-electron chi connectivity index (χ3n) is 5.36. The molecule has 2 aromatic carbocycles. The van der Waals surface area contributed by atoms with Gasteiger partial charge in [0.1, 0.15) is 11.3 Å². The molecule has 0 bridgehead atoms. The second-order valence-corrected chi connectivity index (χ2v) is 8.42. The maximum absolute atomic E-state index is 13.6. The highest BCUT2D eigenvalue weighted by Crippen LogP contribution is 2.43. The van der Waals surface area contributed by atoms with Crippen molar-refractivity contribution >= 4 is 34.3 Å². The number of nitrogens with zero attached hydrogens (tertiary/aromatic N) is 1. The summed E-state index contributed by atoms with van der Waals surface area (Å²) in [7, 11) is 1.52. The molecule has 1 aliphatic rings. The van der Waals surface area contributed by atoms with Gasteiger partial charge >= 0.3 is 0 Å². The Labute approximate surface area is 196 Å². The number of carbonyl (C=O) groups excluding carboxylic acids is 2. The molecule has 0 fully saturated rings. The molecule has 1 atom stereocenters. The van der Waals surface area contributed by atoms with Gasteiger partial charge in [0.25, 0.3) is 5.91 Å². The van der Waals surface area contributed by atoms with Gasteiger partial charge in [-0.2, -0.15) is 0 Å². The standard InChI is InChI=1S/C25H24ClNO6/c1-14(2)32-19-7-5-4-6-17(19)22-21(24(29)25(30)27(22)10-11-31-3)23(28)20-13-15-12-16(26)8-9-18(15)33-20/h4-9,12-14,22,29H,10-11H2,1-3H3. The molecule has 1 aromatic heterocycles. The monoisotopic (exact) mass is 469 g/mol. The molecule has 2 heterocycles. The Morgan fingerprint density at radius 1 is 1.21 bits per heavy atom. The van der Waals surface area contributed by atoms with E-state index in [1.807, 2.05) is 19.9 Å². The summed E-state index contributed by atoms with van der Waals surface area (Å²) in [6.45, 7) is 4.18. The van der Waals surface area contributed by atoms with Gasteiger partial charge in [0.2, 0.25) is 5.78 Å². The topological polar surface area (TPSA) is 89.2 Å². The summed E-state index contributed by atoms with van der Waals surface area (Å²) < 4.78 is 16.8. The molecule has 3 aromatic rings. The summed E-state index contributed by atoms with van der Waals surface area (Å²) >= 11 is 6.05. The molecule has 172 valence electrons. The Hall–Kier alpha value is -3.29. The molecule has 4 rings (SSSR count). The number of aliphatic hydroxyl groups is 1. The zero-order valence-corrected chi connectivity index (χ0v) is 19.3. The molecule has 0 spiro atoms. The Balaban J connectivity index is 1.83. The number of ether oxygens (including phenoxy) is 2. The van der Waals surface area contributed by atoms with Crippen molar-refractivity contribution in [3.05, 3.63) is 76.2 Å². The van der Waals surface area contributed by atoms with Crippen molar-refractivity contribution < 1.29 is 28.6 Å². The van der Waals surface area contributed by atoms with E-state index in [2.05, 4.69) is 0 Å². The van der Waals surface area contributed by atoms with Gasteiger partial charge in [0.15, 0.2) is 11.5 Å². The van der Waals surface area contributed by atoms with E-state index >= 15 is 0 Å². The van der Waals surface area contributed by atoms with Crippen LogP contribution in [0.4, 0.5) is 0 Å². The number of methoxy groups -OCH3 is 1. The lowest BCUT2D eigenvalue weighted by molar-refractivity contribution is -0.130. The van der Waals surface area contributed by atoms with Gasteiger partial charge in [-0.1, -0.05) is 29.8 Å². The van der Waals surface area contributed by atoms with E-state index < -0.39 is 23.5 Å². The Kier molecular flexibility index (Phi) is 6.44. The maximum Gasteiger partial charge on any atom is 0.290 e. The second-order valence-electron chi connectivity index (χ2n) is 7.98. The maximum atomic E-state index is 13.6. The smallest absolute Gasteiger partial charge is 0.290 e. The van der Waals surface area contributed by atoms with Crippen molar-refractivity contribution in [1.29, 1.82) is 0 Å². The van der Waals surface area contributed by atoms with E-state index in [9.17, 15) is 14.7 Å². The largest absolute Gasteiger partial charge is 0.503 e. The number of halogens is 1. The van der Waals surface area contributed by atoms with Crippen molar-refractivity contribution in [3.8, 4) is 5.75 Å². The van der Waals surface area contributed by atoms with E-state index in [0.29, 0.717) is 27.3 Å². The summed E-state index contributed by atoms with van der Waals surface area (Å²) in [6.07, 6.45) is -0.132. The van der Waals surface area contributed by atoms with Gasteiger partial charge in [0, 0.05) is 29.6 Å². The van der Waals surface area contributed by atoms with Crippen LogP contribution in [0.2, 0.25) is 5.02 Å². The van der Waals surface area contributed by atoms with Crippen molar-refractivity contribution in [3.63, 3.8) is 0 Å². The van der Waals surface area contributed by atoms with Gasteiger partial charge in [-0.25, -0.2) is 0 Å². The van der Waals surface area contributed by atoms with Crippen molar-refractivity contribution in [2.75, 3.05) is 20.3 Å². The minimum Gasteiger partial charge on any atom is -0.503 e. The van der Waals surface area contributed by atoms with Gasteiger partial charge in [0.05, 0.1) is 24.3 Å². The number of amides is 1. The average molecular weight is 470 g/mol. The molecule has 0 aliphatic carbocycles. The third-order valence-corrected chi connectivity index (χ3v) is 5.60. The number of Topliss-reactive ketones (excluding diaryl/α,β-unsaturated/α-hetero) is 1. The van der Waals surface area contributed by atoms with Crippen LogP contribution in [0.5, 0.6) is 5.75 Å². The molecule has 7 nitrogen and oxygen atoms in total. The molecule has 0 saturated carbocycles. The number of rotatable bonds is 8. The predicted molar refractivity (Wildman–Crippen MR) is 124 cm³/mol. The zero-order chi connectivity index (χ0) is 23.7. The Bertz CT molecular complexity index is 1240. The number of ketones is 1. The first-order valence-electron chi connectivity index (χ1n) is 10.5. The van der Waals surface area contributed by atoms with Crippen LogP contribution in [-0.4, -0.2) is 48.1 Å². The first-order valence-corrected chi connectivity index (χ1v) is 10.9. The van der Waals surface area contributed by atoms with Crippen LogP contribution in [0.25, 0.3) is 11.0 Å². The van der Waals surface area contributed by atoms with Crippen molar-refractivity contribution in [1.82, 2.24) is 4.90 Å². The molecule has 1 unspecified atom stereocenters. The Morgan fingerprint density at radius 2 is 1.97 bits per heavy atom. The third kappa shape index (κ3) is 4.34. The van der Waals surface area contributed by atoms with Crippen LogP contribution in [0.3, 0.4) is 0 Å². The van der Waals surface area contributed by atoms with E-state index in [0.717, 1.165) is 0 Å². The van der Waals surface area contributed by atoms with E-state index in [1.165, 1.54) is 12.0 Å². The lowest BCUT2D eigenvalue weighted by atomic mass is 9.94. The fraction of sp³-hybridized carbons (Fsp3) is 0.280. The van der Waals surface area contributed by atoms with Gasteiger partial charge in [-0.15, -0.1) is 0 Å². The highest BCUT2D eigenvalue weighted by Gasteiger charge is 2.45. The number of benzene rings is 2. The number of hydrogen-bond donors (Lipinski definition) is 1. The number of carbonyl (C=O) groups is 2. The van der Waals surface area contributed by atoms with Gasteiger partial charge < -0.3 is 23.9 Å². The minimum absolute atomic E-state index is 0.00228. The van der Waals surface area contributed by atoms with Crippen LogP contribution < -0.4 is 4.74 Å². The summed E-state index contributed by atoms with van der Waals surface area (Å²) in [6, 6.07) is 12.8. The molecule has 33 heavy (non-hydrogen) atoms. The van der Waals surface area contributed by atoms with Gasteiger partial charge in [-0.05, 0) is 44.2 Å². The Morgan fingerprint density at radius 3 is 2.70 bits per heavy atom. The number of furan rings is 1. The van der Waals surface area contributed by atoms with Crippen LogP contribution >= 0.6 is 11.6 Å². The highest BCUT2D eigenvalue weighted by molar-refractivity contribution is 6.31. The first kappa shape index (κ1) is 22.9. The molecule has 1 N–H and O–H groups in total. The molecule has 1 amide bonds. The quantitative estimate of drug-likeness (QED) is 0.462. The lowest BCUT2D eigenvalue weighted by Crippen LogP contribution is -2.34. The second kappa shape index (κ2) is 9.29. The normalized spacial score (nSPS) is 16.3. The highest BCUT2D eigenvalue weighted by atomic mass is 35.5. The summed E-state index contributed by atoms with van der Waals surface area (Å²) in [4.78, 5) is 28.0. The molecular weight excluding hydrogens is 446 g/mol. The number of hydrogen-bond acceptors (Lipinski definition) is 6. The van der Waals surface area contributed by atoms with Crippen LogP contribution in [0.1, 0.15) is 36.0 Å². The van der Waals surface area contributed by atoms with E-state index in [1.54, 1.807) is 42.5 Å². The predicted octanol–water partition coefficient (Wildman–Crippen LogP) is 5.10. The number of para-hydroxylation sites is 1. The fourth-order valence-electron chi connectivity index (χ4n) is 3.96. The van der Waals surface area contributed by atoms with Crippen LogP contribution in [0.15, 0.2) is 64.3 Å². The minimum atomic E-state index is -0.869. The lowest BCUT2D eigenvalue weighted by Gasteiger charge is -2.28. The zero-order valence-electron chi connectivity index (χ0n) is 18.5. The van der Waals surface area contributed by atoms with Crippen molar-refractivity contribution in [2.45, 2.75) is 26.0 Å². The number of aliphatic hydroxyl groups excluding tert-OH is 1. The van der Waals surface area contributed by atoms with Crippen LogP contribution in [-0.2, 0) is 9.53 Å². The molecule has 8 heteroatoms. The summed E-state index contributed by atoms with van der Waals surface area (Å²) in [5, 5.41) is 12.0. The first-order chi connectivity index (χ1) is 15.8. The fourth-order valence-corrected chi connectivity index (χ4v) is 4.14. The molecular formula is C25H24ClNO6. The SMILES string of the molecule is COCCN1C(=O)C(O)=C(C(=O)c2cc3cc(Cl)ccc3o2)C1c1ccccc1OC(C)C. The van der Waals surface area contributed by atoms with Crippen molar-refractivity contribution in [2.24, 2.45) is 0 Å². The van der Waals surface area contributed by atoms with E-state index in [4.69, 9.17) is 25.5 Å². The summed E-state index contributed by atoms with van der Waals surface area (Å²) in [5.41, 5.74) is 0.992. The molecule has 1 aliphatic heterocycles. The number of fused-ring (bicyclic) bond motifs is 1. The van der Waals surface area contributed by atoms with Gasteiger partial charge in [-0.3, -0.25) is 9.59 Å². The van der Waals surface area contributed by atoms with E-state index in [-0.39, 0.29) is 30.6 Å².